The van der Waals surface area contributed by atoms with E-state index in [-0.39, 0.29) is 5.82 Å². The number of hydrogen-bond acceptors (Lipinski definition) is 5. The highest BCUT2D eigenvalue weighted by Gasteiger charge is 2.05. The zero-order valence-corrected chi connectivity index (χ0v) is 9.61. The maximum Gasteiger partial charge on any atom is 0.363 e. The molecule has 0 aliphatic heterocycles. The smallest absolute Gasteiger partial charge is 0.363 e. The lowest BCUT2D eigenvalue weighted by atomic mass is 10.2. The Hall–Kier alpha value is -2.50. The number of nitrogens with one attached hydrogen (secondary N) is 1. The third-order valence-electron chi connectivity index (χ3n) is 2.37. The van der Waals surface area contributed by atoms with E-state index in [1.165, 1.54) is 12.3 Å². The molecule has 0 saturated heterocycles. The Morgan fingerprint density at radius 2 is 2.11 bits per heavy atom. The van der Waals surface area contributed by atoms with Crippen LogP contribution in [0.5, 0.6) is 0 Å². The molecule has 0 radical (unpaired) electrons. The quantitative estimate of drug-likeness (QED) is 0.643. The van der Waals surface area contributed by atoms with E-state index in [0.717, 1.165) is 17.8 Å². The minimum absolute atomic E-state index is 0.148. The molecule has 1 N–H and O–H groups in total. The normalized spacial score (nSPS) is 10.0. The van der Waals surface area contributed by atoms with Crippen molar-refractivity contribution in [1.82, 2.24) is 9.97 Å². The van der Waals surface area contributed by atoms with Crippen molar-refractivity contribution in [3.8, 4) is 0 Å². The predicted molar refractivity (Wildman–Crippen MR) is 67.3 cm³/mol. The lowest BCUT2D eigenvalue weighted by Crippen LogP contribution is -2.06. The molecular formula is C12H12N4O2. The standard InChI is InChI=1S/C12H12N4O2/c17-16(18)12-5-4-11(9-15-12)14-8-6-10-3-1-2-7-13-10/h1-5,7,9,14H,6,8H2. The highest BCUT2D eigenvalue weighted by Crippen LogP contribution is 2.11. The molecule has 0 saturated carbocycles. The molecule has 92 valence electrons. The summed E-state index contributed by atoms with van der Waals surface area (Å²) in [5, 5.41) is 13.6. The van der Waals surface area contributed by atoms with Crippen LogP contribution < -0.4 is 5.32 Å². The van der Waals surface area contributed by atoms with E-state index < -0.39 is 4.92 Å². The average Bonchev–Trinajstić information content (AvgIpc) is 2.40. The molecule has 0 aliphatic rings. The van der Waals surface area contributed by atoms with E-state index in [9.17, 15) is 10.1 Å². The lowest BCUT2D eigenvalue weighted by Gasteiger charge is -2.03. The number of anilines is 1. The van der Waals surface area contributed by atoms with Crippen molar-refractivity contribution in [1.29, 1.82) is 0 Å². The van der Waals surface area contributed by atoms with Gasteiger partial charge in [-0.05, 0) is 28.1 Å². The van der Waals surface area contributed by atoms with Gasteiger partial charge in [0.1, 0.15) is 0 Å². The van der Waals surface area contributed by atoms with Gasteiger partial charge in [0.2, 0.25) is 0 Å². The van der Waals surface area contributed by atoms with E-state index in [1.807, 2.05) is 18.2 Å². The van der Waals surface area contributed by atoms with Crippen LogP contribution in [-0.4, -0.2) is 21.4 Å². The zero-order chi connectivity index (χ0) is 12.8. The Morgan fingerprint density at radius 1 is 1.22 bits per heavy atom. The van der Waals surface area contributed by atoms with Crippen molar-refractivity contribution in [3.05, 3.63) is 58.5 Å². The topological polar surface area (TPSA) is 81.0 Å². The molecule has 0 atom stereocenters. The van der Waals surface area contributed by atoms with Crippen LogP contribution in [0, 0.1) is 10.1 Å². The molecule has 6 nitrogen and oxygen atoms in total. The third-order valence-corrected chi connectivity index (χ3v) is 2.37. The Bertz CT molecular complexity index is 513. The van der Waals surface area contributed by atoms with Crippen molar-refractivity contribution in [2.75, 3.05) is 11.9 Å². The maximum atomic E-state index is 10.4. The summed E-state index contributed by atoms with van der Waals surface area (Å²) >= 11 is 0. The van der Waals surface area contributed by atoms with Crippen LogP contribution in [0.3, 0.4) is 0 Å². The second-order valence-corrected chi connectivity index (χ2v) is 3.66. The van der Waals surface area contributed by atoms with Crippen LogP contribution in [0.15, 0.2) is 42.7 Å². The van der Waals surface area contributed by atoms with Gasteiger partial charge in [-0.1, -0.05) is 6.07 Å². The van der Waals surface area contributed by atoms with Gasteiger partial charge in [0.25, 0.3) is 0 Å². The summed E-state index contributed by atoms with van der Waals surface area (Å²) in [6.07, 6.45) is 4.00. The van der Waals surface area contributed by atoms with Crippen molar-refractivity contribution < 1.29 is 4.92 Å². The summed E-state index contributed by atoms with van der Waals surface area (Å²) in [5.41, 5.74) is 1.76. The molecule has 0 amide bonds. The Balaban J connectivity index is 1.85. The zero-order valence-electron chi connectivity index (χ0n) is 9.61. The van der Waals surface area contributed by atoms with Crippen molar-refractivity contribution in [2.24, 2.45) is 0 Å². The SMILES string of the molecule is O=[N+]([O-])c1ccc(NCCc2ccccn2)cn1. The van der Waals surface area contributed by atoms with Crippen molar-refractivity contribution >= 4 is 11.5 Å². The van der Waals surface area contributed by atoms with Crippen molar-refractivity contribution in [3.63, 3.8) is 0 Å². The number of pyridine rings is 2. The van der Waals surface area contributed by atoms with Gasteiger partial charge in [-0.2, -0.15) is 0 Å². The summed E-state index contributed by atoms with van der Waals surface area (Å²) in [4.78, 5) is 17.8. The predicted octanol–water partition coefficient (Wildman–Crippen LogP) is 2.04. The molecule has 2 rings (SSSR count). The first-order valence-electron chi connectivity index (χ1n) is 5.50. The summed E-state index contributed by atoms with van der Waals surface area (Å²) in [6.45, 7) is 0.705. The van der Waals surface area contributed by atoms with Gasteiger partial charge in [-0.3, -0.25) is 4.98 Å². The van der Waals surface area contributed by atoms with Crippen molar-refractivity contribution in [2.45, 2.75) is 6.42 Å². The van der Waals surface area contributed by atoms with Gasteiger partial charge in [0.15, 0.2) is 6.20 Å². The van der Waals surface area contributed by atoms with Crippen LogP contribution in [0.25, 0.3) is 0 Å². The number of nitrogens with zero attached hydrogens (tertiary/aromatic N) is 3. The largest absolute Gasteiger partial charge is 0.382 e. The van der Waals surface area contributed by atoms with Gasteiger partial charge in [0.05, 0.1) is 5.69 Å². The summed E-state index contributed by atoms with van der Waals surface area (Å²) in [5.74, 6) is -0.148. The molecule has 18 heavy (non-hydrogen) atoms. The average molecular weight is 244 g/mol. The van der Waals surface area contributed by atoms with Crippen LogP contribution >= 0.6 is 0 Å². The molecule has 0 aromatic carbocycles. The molecule has 2 aromatic heterocycles. The summed E-state index contributed by atoms with van der Waals surface area (Å²) in [6, 6.07) is 8.79. The monoisotopic (exact) mass is 244 g/mol. The second kappa shape index (κ2) is 5.72. The third kappa shape index (κ3) is 3.24. The van der Waals surface area contributed by atoms with E-state index in [2.05, 4.69) is 15.3 Å². The Kier molecular flexibility index (Phi) is 3.80. The van der Waals surface area contributed by atoms with Gasteiger partial charge < -0.3 is 15.4 Å². The fourth-order valence-corrected chi connectivity index (χ4v) is 1.48. The highest BCUT2D eigenvalue weighted by atomic mass is 16.6. The minimum Gasteiger partial charge on any atom is -0.382 e. The summed E-state index contributed by atoms with van der Waals surface area (Å²) < 4.78 is 0. The van der Waals surface area contributed by atoms with E-state index in [0.29, 0.717) is 6.54 Å². The second-order valence-electron chi connectivity index (χ2n) is 3.66. The van der Waals surface area contributed by atoms with Crippen LogP contribution in [0.2, 0.25) is 0 Å². The van der Waals surface area contributed by atoms with E-state index in [4.69, 9.17) is 0 Å². The fraction of sp³-hybridized carbons (Fsp3) is 0.167. The molecular weight excluding hydrogens is 232 g/mol. The van der Waals surface area contributed by atoms with Gasteiger partial charge in [0, 0.05) is 30.9 Å². The van der Waals surface area contributed by atoms with Gasteiger partial charge in [-0.15, -0.1) is 0 Å². The molecule has 2 aromatic rings. The Morgan fingerprint density at radius 3 is 2.72 bits per heavy atom. The number of hydrogen-bond donors (Lipinski definition) is 1. The fourth-order valence-electron chi connectivity index (χ4n) is 1.48. The van der Waals surface area contributed by atoms with E-state index in [1.54, 1.807) is 12.3 Å². The maximum absolute atomic E-state index is 10.4. The molecule has 0 spiro atoms. The van der Waals surface area contributed by atoms with Gasteiger partial charge in [-0.25, -0.2) is 0 Å². The number of rotatable bonds is 5. The van der Waals surface area contributed by atoms with E-state index >= 15 is 0 Å². The van der Waals surface area contributed by atoms with Gasteiger partial charge >= 0.3 is 5.82 Å². The molecule has 0 bridgehead atoms. The van der Waals surface area contributed by atoms with Crippen LogP contribution in [0.1, 0.15) is 5.69 Å². The molecule has 0 unspecified atom stereocenters. The first-order valence-corrected chi connectivity index (χ1v) is 5.50. The number of nitro groups is 1. The van der Waals surface area contributed by atoms with Crippen LogP contribution in [-0.2, 0) is 6.42 Å². The molecule has 0 fully saturated rings. The number of aromatic nitrogens is 2. The first-order chi connectivity index (χ1) is 8.75. The highest BCUT2D eigenvalue weighted by molar-refractivity contribution is 5.43. The Labute approximate surface area is 104 Å². The van der Waals surface area contributed by atoms with Crippen LogP contribution in [0.4, 0.5) is 11.5 Å². The molecule has 6 heteroatoms. The molecule has 0 aliphatic carbocycles. The lowest BCUT2D eigenvalue weighted by molar-refractivity contribution is -0.389. The minimum atomic E-state index is -0.516. The first kappa shape index (κ1) is 12.0. The molecule has 2 heterocycles. The summed E-state index contributed by atoms with van der Waals surface area (Å²) in [7, 11) is 0.